The molecular weight excluding hydrogens is 337 g/mol. The lowest BCUT2D eigenvalue weighted by molar-refractivity contribution is 0.615. The third-order valence-electron chi connectivity index (χ3n) is 3.71. The van der Waals surface area contributed by atoms with Crippen molar-refractivity contribution in [2.45, 2.75) is 19.2 Å². The zero-order valence-electron chi connectivity index (χ0n) is 14.6. The molecule has 0 bridgehead atoms. The normalized spacial score (nSPS) is 12.7. The number of nitrogens with zero attached hydrogens (tertiary/aromatic N) is 1. The van der Waals surface area contributed by atoms with E-state index < -0.39 is 10.8 Å². The predicted molar refractivity (Wildman–Crippen MR) is 102 cm³/mol. The maximum Gasteiger partial charge on any atom is 0.191 e. The maximum absolute atomic E-state index is 13.5. The van der Waals surface area contributed by atoms with Gasteiger partial charge in [-0.2, -0.15) is 0 Å². The Bertz CT molecular complexity index is 735. The zero-order chi connectivity index (χ0) is 18.1. The van der Waals surface area contributed by atoms with Gasteiger partial charge in [0.2, 0.25) is 0 Å². The first-order valence-corrected chi connectivity index (χ1v) is 9.65. The Hall–Kier alpha value is -2.21. The molecule has 0 aliphatic rings. The van der Waals surface area contributed by atoms with Crippen LogP contribution in [0.4, 0.5) is 4.39 Å². The van der Waals surface area contributed by atoms with Crippen LogP contribution in [0.2, 0.25) is 0 Å². The van der Waals surface area contributed by atoms with Gasteiger partial charge in [-0.25, -0.2) is 4.39 Å². The minimum absolute atomic E-state index is 0.210. The van der Waals surface area contributed by atoms with Crippen molar-refractivity contribution in [1.29, 1.82) is 0 Å². The summed E-state index contributed by atoms with van der Waals surface area (Å²) in [7, 11) is 0.743. The summed E-state index contributed by atoms with van der Waals surface area (Å²) in [5.74, 6) is 1.49. The van der Waals surface area contributed by atoms with Crippen LogP contribution in [0.25, 0.3) is 0 Å². The Balaban J connectivity index is 1.73. The van der Waals surface area contributed by atoms with Crippen molar-refractivity contribution in [3.8, 4) is 0 Å². The van der Waals surface area contributed by atoms with E-state index in [9.17, 15) is 8.60 Å². The third-order valence-corrected chi connectivity index (χ3v) is 5.03. The molecule has 0 aliphatic carbocycles. The number of aliphatic imine (C=N–C) groups is 1. The Morgan fingerprint density at radius 1 is 1.12 bits per heavy atom. The smallest absolute Gasteiger partial charge is 0.191 e. The summed E-state index contributed by atoms with van der Waals surface area (Å²) in [6.45, 7) is 2.77. The highest BCUT2D eigenvalue weighted by Crippen LogP contribution is 2.08. The van der Waals surface area contributed by atoms with Crippen LogP contribution >= 0.6 is 0 Å². The van der Waals surface area contributed by atoms with Crippen LogP contribution in [0.3, 0.4) is 0 Å². The van der Waals surface area contributed by atoms with E-state index in [4.69, 9.17) is 0 Å². The second-order valence-electron chi connectivity index (χ2n) is 5.71. The first kappa shape index (κ1) is 19.1. The number of guanidine groups is 1. The number of rotatable bonds is 7. The summed E-state index contributed by atoms with van der Waals surface area (Å²) < 4.78 is 25.6. The van der Waals surface area contributed by atoms with Gasteiger partial charge in [0.1, 0.15) is 5.82 Å². The molecule has 2 N–H and O–H groups in total. The quantitative estimate of drug-likeness (QED) is 0.589. The first-order valence-electron chi connectivity index (χ1n) is 8.17. The topological polar surface area (TPSA) is 53.5 Å². The minimum Gasteiger partial charge on any atom is -0.355 e. The molecule has 0 aliphatic heterocycles. The molecule has 0 fully saturated rings. The molecule has 0 spiro atoms. The molecule has 1 atom stereocenters. The summed E-state index contributed by atoms with van der Waals surface area (Å²) in [6, 6.07) is 15.0. The van der Waals surface area contributed by atoms with Crippen molar-refractivity contribution >= 4 is 16.8 Å². The number of nitrogens with one attached hydrogen (secondary N) is 2. The number of aryl methyl sites for hydroxylation is 1. The molecule has 6 heteroatoms. The summed E-state index contributed by atoms with van der Waals surface area (Å²) in [5.41, 5.74) is 2.55. The fraction of sp³-hybridized carbons (Fsp3) is 0.316. The molecule has 4 nitrogen and oxygen atoms in total. The number of benzene rings is 2. The van der Waals surface area contributed by atoms with Crippen molar-refractivity contribution < 1.29 is 8.60 Å². The number of hydrogen-bond acceptors (Lipinski definition) is 2. The van der Waals surface area contributed by atoms with Gasteiger partial charge in [0.15, 0.2) is 5.96 Å². The molecule has 0 saturated carbocycles. The fourth-order valence-corrected chi connectivity index (χ4v) is 3.31. The highest BCUT2D eigenvalue weighted by atomic mass is 32.2. The standard InChI is InChI=1S/C19H24FN3OS/c1-15-8-9-17(12-18(15)20)13-23-19(21-2)22-10-11-25(24)14-16-6-4-3-5-7-16/h3-9,12H,10-11,13-14H2,1-2H3,(H2,21,22,23). The summed E-state index contributed by atoms with van der Waals surface area (Å²) in [5, 5.41) is 6.26. The molecule has 1 unspecified atom stereocenters. The van der Waals surface area contributed by atoms with Crippen LogP contribution in [-0.2, 0) is 23.1 Å². The number of hydrogen-bond donors (Lipinski definition) is 2. The van der Waals surface area contributed by atoms with E-state index in [1.54, 1.807) is 20.0 Å². The maximum atomic E-state index is 13.5. The summed E-state index contributed by atoms with van der Waals surface area (Å²) in [4.78, 5) is 4.13. The van der Waals surface area contributed by atoms with Gasteiger partial charge < -0.3 is 10.6 Å². The monoisotopic (exact) mass is 361 g/mol. The van der Waals surface area contributed by atoms with Crippen LogP contribution < -0.4 is 10.6 Å². The van der Waals surface area contributed by atoms with Gasteiger partial charge in [-0.1, -0.05) is 42.5 Å². The molecule has 2 aromatic rings. The van der Waals surface area contributed by atoms with Gasteiger partial charge in [0, 0.05) is 42.4 Å². The van der Waals surface area contributed by atoms with E-state index in [-0.39, 0.29) is 5.82 Å². The van der Waals surface area contributed by atoms with Crippen molar-refractivity contribution in [3.05, 3.63) is 71.0 Å². The molecule has 25 heavy (non-hydrogen) atoms. The largest absolute Gasteiger partial charge is 0.355 e. The van der Waals surface area contributed by atoms with Crippen LogP contribution in [0.5, 0.6) is 0 Å². The number of halogens is 1. The van der Waals surface area contributed by atoms with Gasteiger partial charge in [0.25, 0.3) is 0 Å². The first-order chi connectivity index (χ1) is 12.1. The van der Waals surface area contributed by atoms with Gasteiger partial charge in [0.05, 0.1) is 0 Å². The van der Waals surface area contributed by atoms with E-state index in [0.717, 1.165) is 11.1 Å². The van der Waals surface area contributed by atoms with E-state index in [1.165, 1.54) is 6.07 Å². The van der Waals surface area contributed by atoms with E-state index in [1.807, 2.05) is 36.4 Å². The Kier molecular flexibility index (Phi) is 7.60. The zero-order valence-corrected chi connectivity index (χ0v) is 15.4. The second kappa shape index (κ2) is 9.93. The summed E-state index contributed by atoms with van der Waals surface area (Å²) in [6.07, 6.45) is 0. The third kappa shape index (κ3) is 6.66. The van der Waals surface area contributed by atoms with Crippen molar-refractivity contribution in [2.75, 3.05) is 19.3 Å². The van der Waals surface area contributed by atoms with Crippen LogP contribution in [0.15, 0.2) is 53.5 Å². The molecule has 0 aromatic heterocycles. The van der Waals surface area contributed by atoms with Gasteiger partial charge in [-0.05, 0) is 29.7 Å². The molecule has 2 rings (SSSR count). The van der Waals surface area contributed by atoms with E-state index >= 15 is 0 Å². The van der Waals surface area contributed by atoms with Gasteiger partial charge in [-0.15, -0.1) is 0 Å². The van der Waals surface area contributed by atoms with Gasteiger partial charge >= 0.3 is 0 Å². The van der Waals surface area contributed by atoms with Crippen molar-refractivity contribution in [3.63, 3.8) is 0 Å². The molecule has 2 aromatic carbocycles. The average Bonchev–Trinajstić information content (AvgIpc) is 2.61. The van der Waals surface area contributed by atoms with Gasteiger partial charge in [-0.3, -0.25) is 9.20 Å². The minimum atomic E-state index is -0.930. The lowest BCUT2D eigenvalue weighted by atomic mass is 10.1. The van der Waals surface area contributed by atoms with Crippen molar-refractivity contribution in [2.24, 2.45) is 4.99 Å². The Labute approximate surface area is 151 Å². The highest BCUT2D eigenvalue weighted by Gasteiger charge is 2.04. The summed E-state index contributed by atoms with van der Waals surface area (Å²) >= 11 is 0. The van der Waals surface area contributed by atoms with E-state index in [0.29, 0.717) is 36.1 Å². The van der Waals surface area contributed by atoms with Crippen LogP contribution in [0.1, 0.15) is 16.7 Å². The molecular formula is C19H24FN3OS. The molecule has 0 saturated heterocycles. The molecule has 0 amide bonds. The van der Waals surface area contributed by atoms with E-state index in [2.05, 4.69) is 15.6 Å². The SMILES string of the molecule is CN=C(NCCS(=O)Cc1ccccc1)NCc1ccc(C)c(F)c1. The molecule has 0 heterocycles. The molecule has 0 radical (unpaired) electrons. The Morgan fingerprint density at radius 3 is 2.56 bits per heavy atom. The predicted octanol–water partition coefficient (Wildman–Crippen LogP) is 2.75. The fourth-order valence-electron chi connectivity index (χ4n) is 2.27. The molecule has 134 valence electrons. The lowest BCUT2D eigenvalue weighted by Crippen LogP contribution is -2.38. The lowest BCUT2D eigenvalue weighted by Gasteiger charge is -2.12. The Morgan fingerprint density at radius 2 is 1.88 bits per heavy atom. The van der Waals surface area contributed by atoms with Crippen LogP contribution in [0, 0.1) is 12.7 Å². The van der Waals surface area contributed by atoms with Crippen LogP contribution in [-0.4, -0.2) is 29.5 Å². The highest BCUT2D eigenvalue weighted by molar-refractivity contribution is 7.84. The second-order valence-corrected chi connectivity index (χ2v) is 7.29. The van der Waals surface area contributed by atoms with Crippen molar-refractivity contribution in [1.82, 2.24) is 10.6 Å². The average molecular weight is 361 g/mol.